The van der Waals surface area contributed by atoms with Gasteiger partial charge in [0.2, 0.25) is 0 Å². The van der Waals surface area contributed by atoms with Crippen molar-refractivity contribution in [2.75, 3.05) is 11.1 Å². The van der Waals surface area contributed by atoms with Gasteiger partial charge in [-0.1, -0.05) is 23.5 Å². The third kappa shape index (κ3) is 2.32. The molecule has 5 nitrogen and oxygen atoms in total. The van der Waals surface area contributed by atoms with Gasteiger partial charge in [0.05, 0.1) is 10.4 Å². The third-order valence-corrected chi connectivity index (χ3v) is 5.26. The van der Waals surface area contributed by atoms with Crippen LogP contribution < -0.4 is 5.32 Å². The van der Waals surface area contributed by atoms with Gasteiger partial charge in [-0.2, -0.15) is 4.98 Å². The molecule has 0 saturated heterocycles. The number of thiazole rings is 1. The number of para-hydroxylation sites is 1. The fourth-order valence-electron chi connectivity index (χ4n) is 1.84. The van der Waals surface area contributed by atoms with Gasteiger partial charge in [0.25, 0.3) is 10.9 Å². The number of carbonyl (C=O) groups is 1. The van der Waals surface area contributed by atoms with E-state index in [-0.39, 0.29) is 11.3 Å². The van der Waals surface area contributed by atoms with Crippen LogP contribution in [0.1, 0.15) is 15.2 Å². The SMILES string of the molecule is O=C(Nc1nc2c(s1)CC[S+]2[O-])c1ccccc1O. The van der Waals surface area contributed by atoms with Crippen LogP contribution in [0.25, 0.3) is 0 Å². The lowest BCUT2D eigenvalue weighted by atomic mass is 10.2. The van der Waals surface area contributed by atoms with Gasteiger partial charge in [0.15, 0.2) is 5.13 Å². The highest BCUT2D eigenvalue weighted by Gasteiger charge is 2.30. The van der Waals surface area contributed by atoms with Crippen LogP contribution >= 0.6 is 11.3 Å². The van der Waals surface area contributed by atoms with Gasteiger partial charge in [0, 0.05) is 17.6 Å². The van der Waals surface area contributed by atoms with Crippen molar-refractivity contribution < 1.29 is 14.5 Å². The van der Waals surface area contributed by atoms with Crippen molar-refractivity contribution in [3.8, 4) is 5.75 Å². The predicted molar refractivity (Wildman–Crippen MR) is 73.2 cm³/mol. The standard InChI is InChI=1S/C12H10N2O3S2/c15-8-4-2-1-3-7(8)10(16)13-12-14-11-9(18-12)5-6-19(11)17/h1-4,15H,5-6H2,(H,13,14,16). The molecule has 2 heterocycles. The third-order valence-electron chi connectivity index (χ3n) is 2.76. The smallest absolute Gasteiger partial charge is 0.261 e. The highest BCUT2D eigenvalue weighted by atomic mass is 32.2. The van der Waals surface area contributed by atoms with E-state index in [4.69, 9.17) is 0 Å². The molecule has 19 heavy (non-hydrogen) atoms. The molecule has 1 aromatic heterocycles. The number of hydrogen-bond acceptors (Lipinski definition) is 5. The molecule has 2 N–H and O–H groups in total. The van der Waals surface area contributed by atoms with Crippen molar-refractivity contribution >= 4 is 33.6 Å². The summed E-state index contributed by atoms with van der Waals surface area (Å²) in [6.07, 6.45) is 0.742. The Hall–Kier alpha value is -1.57. The molecule has 0 spiro atoms. The Bertz CT molecular complexity index is 642. The average molecular weight is 294 g/mol. The van der Waals surface area contributed by atoms with Crippen molar-refractivity contribution in [1.29, 1.82) is 0 Å². The van der Waals surface area contributed by atoms with E-state index in [0.717, 1.165) is 11.3 Å². The van der Waals surface area contributed by atoms with Crippen LogP contribution in [-0.4, -0.2) is 26.3 Å². The number of amides is 1. The van der Waals surface area contributed by atoms with Crippen molar-refractivity contribution in [2.24, 2.45) is 0 Å². The number of fused-ring (bicyclic) bond motifs is 1. The van der Waals surface area contributed by atoms with Crippen LogP contribution in [0.5, 0.6) is 5.75 Å². The second-order valence-electron chi connectivity index (χ2n) is 4.02. The predicted octanol–water partition coefficient (Wildman–Crippen LogP) is 1.76. The number of aromatic nitrogens is 1. The molecule has 0 aliphatic carbocycles. The van der Waals surface area contributed by atoms with E-state index >= 15 is 0 Å². The average Bonchev–Trinajstić information content (AvgIpc) is 2.92. The molecule has 7 heteroatoms. The van der Waals surface area contributed by atoms with Crippen LogP contribution in [0.15, 0.2) is 29.3 Å². The lowest BCUT2D eigenvalue weighted by Gasteiger charge is -2.04. The van der Waals surface area contributed by atoms with Crippen LogP contribution in [0, 0.1) is 0 Å². The van der Waals surface area contributed by atoms with E-state index in [1.165, 1.54) is 23.5 Å². The Morgan fingerprint density at radius 2 is 2.26 bits per heavy atom. The fourth-order valence-corrected chi connectivity index (χ4v) is 4.41. The summed E-state index contributed by atoms with van der Waals surface area (Å²) in [5, 5.41) is 13.2. The zero-order valence-corrected chi connectivity index (χ0v) is 11.4. The second kappa shape index (κ2) is 4.84. The van der Waals surface area contributed by atoms with Gasteiger partial charge >= 0.3 is 0 Å². The molecule has 1 unspecified atom stereocenters. The Morgan fingerprint density at radius 1 is 1.47 bits per heavy atom. The summed E-state index contributed by atoms with van der Waals surface area (Å²) in [6.45, 7) is 0. The van der Waals surface area contributed by atoms with Crippen molar-refractivity contribution in [3.05, 3.63) is 34.7 Å². The van der Waals surface area contributed by atoms with E-state index < -0.39 is 17.1 Å². The molecular weight excluding hydrogens is 284 g/mol. The molecule has 1 aliphatic rings. The molecule has 0 saturated carbocycles. The molecular formula is C12H10N2O3S2. The monoisotopic (exact) mass is 294 g/mol. The molecule has 0 bridgehead atoms. The van der Waals surface area contributed by atoms with Gasteiger partial charge in [-0.05, 0) is 12.1 Å². The second-order valence-corrected chi connectivity index (χ2v) is 6.59. The summed E-state index contributed by atoms with van der Waals surface area (Å²) < 4.78 is 11.6. The molecule has 1 aromatic carbocycles. The number of phenolic OH excluding ortho intramolecular Hbond substituents is 1. The summed E-state index contributed by atoms with van der Waals surface area (Å²) in [6, 6.07) is 6.30. The summed E-state index contributed by atoms with van der Waals surface area (Å²) >= 11 is 0.295. The first-order valence-electron chi connectivity index (χ1n) is 5.62. The maximum absolute atomic E-state index is 12.0. The number of hydrogen-bond donors (Lipinski definition) is 2. The lowest BCUT2D eigenvalue weighted by molar-refractivity contribution is 0.102. The highest BCUT2D eigenvalue weighted by Crippen LogP contribution is 2.33. The van der Waals surface area contributed by atoms with E-state index in [1.54, 1.807) is 12.1 Å². The number of nitrogens with zero attached hydrogens (tertiary/aromatic N) is 1. The topological polar surface area (TPSA) is 85.3 Å². The Morgan fingerprint density at radius 3 is 3.00 bits per heavy atom. The molecule has 0 fully saturated rings. The minimum atomic E-state index is -1.04. The number of anilines is 1. The first kappa shape index (κ1) is 12.5. The zero-order valence-electron chi connectivity index (χ0n) is 9.75. The maximum Gasteiger partial charge on any atom is 0.261 e. The number of benzene rings is 1. The maximum atomic E-state index is 12.0. The van der Waals surface area contributed by atoms with Crippen LogP contribution in [-0.2, 0) is 17.6 Å². The van der Waals surface area contributed by atoms with E-state index in [1.807, 2.05) is 0 Å². The van der Waals surface area contributed by atoms with Crippen molar-refractivity contribution in [3.63, 3.8) is 0 Å². The first-order valence-corrected chi connectivity index (χ1v) is 7.76. The van der Waals surface area contributed by atoms with Gasteiger partial charge in [-0.25, -0.2) is 0 Å². The quantitative estimate of drug-likeness (QED) is 0.827. The van der Waals surface area contributed by atoms with Crippen LogP contribution in [0.3, 0.4) is 0 Å². The minimum absolute atomic E-state index is 0.0762. The van der Waals surface area contributed by atoms with E-state index in [9.17, 15) is 14.5 Å². The van der Waals surface area contributed by atoms with Crippen LogP contribution in [0.4, 0.5) is 5.13 Å². The highest BCUT2D eigenvalue weighted by molar-refractivity contribution is 7.91. The van der Waals surface area contributed by atoms with Crippen molar-refractivity contribution in [1.82, 2.24) is 4.98 Å². The number of carbonyl (C=O) groups excluding carboxylic acids is 1. The number of rotatable bonds is 2. The van der Waals surface area contributed by atoms with Gasteiger partial charge < -0.3 is 9.66 Å². The largest absolute Gasteiger partial charge is 0.610 e. The zero-order chi connectivity index (χ0) is 13.4. The summed E-state index contributed by atoms with van der Waals surface area (Å²) in [7, 11) is 0. The lowest BCUT2D eigenvalue weighted by Crippen LogP contribution is -2.12. The Kier molecular flexibility index (Phi) is 3.17. The van der Waals surface area contributed by atoms with Crippen LogP contribution in [0.2, 0.25) is 0 Å². The van der Waals surface area contributed by atoms with E-state index in [0.29, 0.717) is 15.9 Å². The minimum Gasteiger partial charge on any atom is -0.610 e. The summed E-state index contributed by atoms with van der Waals surface area (Å²) in [4.78, 5) is 17.1. The summed E-state index contributed by atoms with van der Waals surface area (Å²) in [5.74, 6) is 0.117. The van der Waals surface area contributed by atoms with E-state index in [2.05, 4.69) is 10.3 Å². The van der Waals surface area contributed by atoms with Gasteiger partial charge in [0.1, 0.15) is 11.5 Å². The van der Waals surface area contributed by atoms with Crippen molar-refractivity contribution in [2.45, 2.75) is 11.4 Å². The normalized spacial score (nSPS) is 17.2. The van der Waals surface area contributed by atoms with Gasteiger partial charge in [-0.3, -0.25) is 10.1 Å². The van der Waals surface area contributed by atoms with Gasteiger partial charge in [-0.15, -0.1) is 0 Å². The molecule has 1 amide bonds. The summed E-state index contributed by atoms with van der Waals surface area (Å²) in [5.41, 5.74) is 0.194. The molecule has 1 atom stereocenters. The Balaban J connectivity index is 1.81. The molecule has 3 rings (SSSR count). The number of aromatic hydroxyl groups is 1. The number of phenols is 1. The molecule has 2 aromatic rings. The molecule has 0 radical (unpaired) electrons. The Labute approximate surface area is 116 Å². The number of aryl methyl sites for hydroxylation is 1. The fraction of sp³-hybridized carbons (Fsp3) is 0.167. The number of nitrogens with one attached hydrogen (secondary N) is 1. The molecule has 98 valence electrons. The first-order chi connectivity index (χ1) is 9.15. The molecule has 1 aliphatic heterocycles.